The SMILES string of the molecule is O=C([O-])[C@@H]1[C@@H](C(=O)Nc2cccc(O)c2)[C@H]2CC[C@@H]1O2. The molecular formula is C14H14NO5-. The van der Waals surface area contributed by atoms with Crippen LogP contribution in [0.1, 0.15) is 12.8 Å². The van der Waals surface area contributed by atoms with Crippen LogP contribution < -0.4 is 10.4 Å². The van der Waals surface area contributed by atoms with Gasteiger partial charge in [-0.1, -0.05) is 6.07 Å². The second-order valence-electron chi connectivity index (χ2n) is 5.20. The van der Waals surface area contributed by atoms with Gasteiger partial charge in [-0.2, -0.15) is 0 Å². The number of nitrogens with one attached hydrogen (secondary N) is 1. The number of amides is 1. The van der Waals surface area contributed by atoms with E-state index >= 15 is 0 Å². The molecular weight excluding hydrogens is 262 g/mol. The summed E-state index contributed by atoms with van der Waals surface area (Å²) in [4.78, 5) is 23.5. The van der Waals surface area contributed by atoms with Gasteiger partial charge < -0.3 is 25.1 Å². The molecule has 6 nitrogen and oxygen atoms in total. The molecule has 6 heteroatoms. The van der Waals surface area contributed by atoms with Crippen LogP contribution in [0, 0.1) is 11.8 Å². The number of hydrogen-bond acceptors (Lipinski definition) is 5. The van der Waals surface area contributed by atoms with Gasteiger partial charge in [0, 0.05) is 23.6 Å². The van der Waals surface area contributed by atoms with Crippen LogP contribution in [0.15, 0.2) is 24.3 Å². The van der Waals surface area contributed by atoms with Gasteiger partial charge in [0.25, 0.3) is 0 Å². The van der Waals surface area contributed by atoms with Gasteiger partial charge in [-0.25, -0.2) is 0 Å². The Labute approximate surface area is 115 Å². The molecule has 20 heavy (non-hydrogen) atoms. The van der Waals surface area contributed by atoms with Gasteiger partial charge in [0.15, 0.2) is 0 Å². The number of anilines is 1. The van der Waals surface area contributed by atoms with Gasteiger partial charge in [0.2, 0.25) is 5.91 Å². The van der Waals surface area contributed by atoms with Gasteiger partial charge in [0.1, 0.15) is 5.75 Å². The first-order chi connectivity index (χ1) is 9.56. The summed E-state index contributed by atoms with van der Waals surface area (Å²) >= 11 is 0. The van der Waals surface area contributed by atoms with Crippen LogP contribution in [-0.4, -0.2) is 29.2 Å². The van der Waals surface area contributed by atoms with Crippen LogP contribution in [0.4, 0.5) is 5.69 Å². The fourth-order valence-corrected chi connectivity index (χ4v) is 3.12. The highest BCUT2D eigenvalue weighted by atomic mass is 16.5. The molecule has 2 fully saturated rings. The number of aromatic hydroxyl groups is 1. The molecule has 4 atom stereocenters. The maximum absolute atomic E-state index is 12.3. The van der Waals surface area contributed by atoms with E-state index in [0.717, 1.165) is 0 Å². The minimum atomic E-state index is -1.24. The predicted octanol–water partition coefficient (Wildman–Crippen LogP) is -0.126. The number of carboxylic acid groups (broad SMARTS) is 1. The summed E-state index contributed by atoms with van der Waals surface area (Å²) in [5.41, 5.74) is 0.426. The van der Waals surface area contributed by atoms with Crippen LogP contribution in [-0.2, 0) is 14.3 Å². The number of carbonyl (C=O) groups is 2. The zero-order chi connectivity index (χ0) is 14.3. The first-order valence-electron chi connectivity index (χ1n) is 6.52. The number of benzene rings is 1. The monoisotopic (exact) mass is 276 g/mol. The molecule has 106 valence electrons. The van der Waals surface area contributed by atoms with Crippen molar-refractivity contribution >= 4 is 17.6 Å². The van der Waals surface area contributed by atoms with Crippen LogP contribution in [0.25, 0.3) is 0 Å². The van der Waals surface area contributed by atoms with E-state index < -0.39 is 29.8 Å². The lowest BCUT2D eigenvalue weighted by Crippen LogP contribution is -2.46. The minimum Gasteiger partial charge on any atom is -0.550 e. The van der Waals surface area contributed by atoms with Crippen LogP contribution in [0.2, 0.25) is 0 Å². The topological polar surface area (TPSA) is 98.7 Å². The second-order valence-corrected chi connectivity index (χ2v) is 5.20. The van der Waals surface area contributed by atoms with Crippen LogP contribution in [0.5, 0.6) is 5.75 Å². The second kappa shape index (κ2) is 4.79. The van der Waals surface area contributed by atoms with E-state index in [4.69, 9.17) is 4.74 Å². The molecule has 0 spiro atoms. The van der Waals surface area contributed by atoms with E-state index in [2.05, 4.69) is 5.32 Å². The van der Waals surface area contributed by atoms with Crippen molar-refractivity contribution in [1.29, 1.82) is 0 Å². The summed E-state index contributed by atoms with van der Waals surface area (Å²) in [5.74, 6) is -3.25. The summed E-state index contributed by atoms with van der Waals surface area (Å²) in [6, 6.07) is 6.11. The first kappa shape index (κ1) is 12.9. The Morgan fingerprint density at radius 1 is 1.25 bits per heavy atom. The largest absolute Gasteiger partial charge is 0.550 e. The van der Waals surface area contributed by atoms with Crippen molar-refractivity contribution in [2.45, 2.75) is 25.0 Å². The lowest BCUT2D eigenvalue weighted by molar-refractivity contribution is -0.313. The van der Waals surface area contributed by atoms with E-state index in [0.29, 0.717) is 18.5 Å². The van der Waals surface area contributed by atoms with Crippen LogP contribution >= 0.6 is 0 Å². The zero-order valence-electron chi connectivity index (χ0n) is 10.6. The Morgan fingerprint density at radius 3 is 2.60 bits per heavy atom. The number of hydrogen-bond donors (Lipinski definition) is 2. The Balaban J connectivity index is 1.78. The summed E-state index contributed by atoms with van der Waals surface area (Å²) < 4.78 is 5.51. The predicted molar refractivity (Wildman–Crippen MR) is 66.6 cm³/mol. The van der Waals surface area contributed by atoms with Gasteiger partial charge in [0.05, 0.1) is 18.1 Å². The quantitative estimate of drug-likeness (QED) is 0.801. The summed E-state index contributed by atoms with van der Waals surface area (Å²) in [6.07, 6.45) is 0.552. The Hall–Kier alpha value is -2.08. The van der Waals surface area contributed by atoms with Gasteiger partial charge in [-0.15, -0.1) is 0 Å². The standard InChI is InChI=1S/C14H15NO5/c16-8-3-1-2-7(6-8)15-13(17)11-9-4-5-10(20-9)12(11)14(18)19/h1-3,6,9-12,16H,4-5H2,(H,15,17)(H,18,19)/p-1/t9-,10+,11+,12+/m1/s1. The molecule has 3 rings (SSSR count). The van der Waals surface area contributed by atoms with Crippen molar-refractivity contribution in [2.24, 2.45) is 11.8 Å². The third kappa shape index (κ3) is 2.12. The Kier molecular flexibility index (Phi) is 3.10. The molecule has 1 aromatic rings. The average molecular weight is 276 g/mol. The van der Waals surface area contributed by atoms with E-state index in [-0.39, 0.29) is 11.9 Å². The summed E-state index contributed by atoms with van der Waals surface area (Å²) in [6.45, 7) is 0. The van der Waals surface area contributed by atoms with Crippen molar-refractivity contribution in [1.82, 2.24) is 0 Å². The first-order valence-corrected chi connectivity index (χ1v) is 6.52. The van der Waals surface area contributed by atoms with Crippen molar-refractivity contribution in [3.05, 3.63) is 24.3 Å². The molecule has 0 unspecified atom stereocenters. The van der Waals surface area contributed by atoms with Gasteiger partial charge in [-0.05, 0) is 25.0 Å². The average Bonchev–Trinajstić information content (AvgIpc) is 2.98. The third-order valence-corrected chi connectivity index (χ3v) is 3.96. The Morgan fingerprint density at radius 2 is 1.95 bits per heavy atom. The van der Waals surface area contributed by atoms with Crippen molar-refractivity contribution in [3.8, 4) is 5.75 Å². The van der Waals surface area contributed by atoms with Crippen molar-refractivity contribution in [3.63, 3.8) is 0 Å². The van der Waals surface area contributed by atoms with Gasteiger partial charge >= 0.3 is 0 Å². The number of phenols is 1. The molecule has 0 saturated carbocycles. The number of ether oxygens (including phenoxy) is 1. The maximum atomic E-state index is 12.3. The highest BCUT2D eigenvalue weighted by Gasteiger charge is 2.52. The lowest BCUT2D eigenvalue weighted by Gasteiger charge is -2.27. The van der Waals surface area contributed by atoms with Crippen molar-refractivity contribution < 1.29 is 24.5 Å². The molecule has 2 heterocycles. The molecule has 2 saturated heterocycles. The van der Waals surface area contributed by atoms with E-state index in [1.54, 1.807) is 12.1 Å². The molecule has 2 bridgehead atoms. The normalized spacial score (nSPS) is 31.2. The highest BCUT2D eigenvalue weighted by molar-refractivity contribution is 5.96. The molecule has 0 radical (unpaired) electrons. The minimum absolute atomic E-state index is 0.0310. The molecule has 1 aromatic carbocycles. The molecule has 0 aliphatic carbocycles. The fourth-order valence-electron chi connectivity index (χ4n) is 3.12. The summed E-state index contributed by atoms with van der Waals surface area (Å²) in [7, 11) is 0. The number of phenolic OH excluding ortho intramolecular Hbond substituents is 1. The molecule has 2 aliphatic heterocycles. The molecule has 2 N–H and O–H groups in total. The van der Waals surface area contributed by atoms with Crippen LogP contribution in [0.3, 0.4) is 0 Å². The number of rotatable bonds is 3. The number of carbonyl (C=O) groups excluding carboxylic acids is 2. The van der Waals surface area contributed by atoms with E-state index in [1.165, 1.54) is 12.1 Å². The fraction of sp³-hybridized carbons (Fsp3) is 0.429. The van der Waals surface area contributed by atoms with E-state index in [9.17, 15) is 19.8 Å². The lowest BCUT2D eigenvalue weighted by atomic mass is 9.78. The van der Waals surface area contributed by atoms with Crippen molar-refractivity contribution in [2.75, 3.05) is 5.32 Å². The van der Waals surface area contributed by atoms with Gasteiger partial charge in [-0.3, -0.25) is 4.79 Å². The summed E-state index contributed by atoms with van der Waals surface area (Å²) in [5, 5.41) is 23.2. The maximum Gasteiger partial charge on any atom is 0.230 e. The molecule has 2 aliphatic rings. The third-order valence-electron chi connectivity index (χ3n) is 3.96. The number of fused-ring (bicyclic) bond motifs is 2. The molecule has 1 amide bonds. The van der Waals surface area contributed by atoms with E-state index in [1.807, 2.05) is 0 Å². The number of carboxylic acids is 1. The smallest absolute Gasteiger partial charge is 0.230 e. The number of aliphatic carboxylic acids is 1. The molecule has 0 aromatic heterocycles. The Bertz CT molecular complexity index is 558. The highest BCUT2D eigenvalue weighted by Crippen LogP contribution is 2.43. The zero-order valence-corrected chi connectivity index (χ0v) is 10.6.